The lowest BCUT2D eigenvalue weighted by molar-refractivity contribution is -0.417. The summed E-state index contributed by atoms with van der Waals surface area (Å²) >= 11 is 0. The molecule has 3 heteroatoms. The van der Waals surface area contributed by atoms with Crippen molar-refractivity contribution in [1.82, 2.24) is 4.90 Å². The molecule has 3 saturated heterocycles. The van der Waals surface area contributed by atoms with Gasteiger partial charge in [0.1, 0.15) is 0 Å². The molecule has 3 fully saturated rings. The highest BCUT2D eigenvalue weighted by Gasteiger charge is 2.54. The van der Waals surface area contributed by atoms with Crippen LogP contribution in [0.4, 0.5) is 0 Å². The van der Waals surface area contributed by atoms with Gasteiger partial charge < -0.3 is 9.47 Å². The van der Waals surface area contributed by atoms with Crippen LogP contribution in [0, 0.1) is 5.41 Å². The third-order valence-corrected chi connectivity index (χ3v) is 3.85. The number of hydrogen-bond donors (Lipinski definition) is 0. The number of hydrogen-bond acceptors (Lipinski definition) is 3. The predicted octanol–water partition coefficient (Wildman–Crippen LogP) is 2.58. The van der Waals surface area contributed by atoms with E-state index in [0.717, 1.165) is 38.3 Å². The van der Waals surface area contributed by atoms with Gasteiger partial charge >= 0.3 is 0 Å². The number of ether oxygens (including phenoxy) is 2. The highest BCUT2D eigenvalue weighted by molar-refractivity contribution is 5.22. The fourth-order valence-corrected chi connectivity index (χ4v) is 2.96. The van der Waals surface area contributed by atoms with Crippen LogP contribution >= 0.6 is 0 Å². The number of nitrogens with zero attached hydrogens (tertiary/aromatic N) is 1. The molecule has 18 heavy (non-hydrogen) atoms. The van der Waals surface area contributed by atoms with Crippen LogP contribution in [-0.2, 0) is 15.4 Å². The van der Waals surface area contributed by atoms with Crippen molar-refractivity contribution in [2.75, 3.05) is 26.3 Å². The van der Waals surface area contributed by atoms with E-state index in [0.29, 0.717) is 0 Å². The minimum Gasteiger partial charge on any atom is -0.333 e. The second-order valence-electron chi connectivity index (χ2n) is 5.76. The van der Waals surface area contributed by atoms with Gasteiger partial charge in [0, 0.05) is 24.1 Å². The molecule has 1 aromatic carbocycles. The van der Waals surface area contributed by atoms with E-state index in [1.165, 1.54) is 0 Å². The van der Waals surface area contributed by atoms with Gasteiger partial charge in [0.05, 0.1) is 13.2 Å². The molecule has 0 saturated carbocycles. The zero-order valence-electron chi connectivity index (χ0n) is 11.2. The van der Waals surface area contributed by atoms with Crippen LogP contribution in [0.3, 0.4) is 0 Å². The Balaban J connectivity index is 1.97. The minimum atomic E-state index is -0.644. The fourth-order valence-electron chi connectivity index (χ4n) is 2.96. The molecule has 0 N–H and O–H groups in total. The van der Waals surface area contributed by atoms with E-state index in [1.807, 2.05) is 18.2 Å². The van der Waals surface area contributed by atoms with Crippen LogP contribution in [0.2, 0.25) is 0 Å². The van der Waals surface area contributed by atoms with E-state index in [4.69, 9.17) is 9.47 Å². The van der Waals surface area contributed by atoms with Gasteiger partial charge in [-0.1, -0.05) is 44.2 Å². The Kier molecular flexibility index (Phi) is 2.93. The third kappa shape index (κ3) is 1.78. The maximum atomic E-state index is 6.12. The van der Waals surface area contributed by atoms with Gasteiger partial charge in [0.2, 0.25) is 0 Å². The third-order valence-electron chi connectivity index (χ3n) is 3.85. The summed E-state index contributed by atoms with van der Waals surface area (Å²) in [6.45, 7) is 8.05. The Morgan fingerprint density at radius 2 is 1.83 bits per heavy atom. The topological polar surface area (TPSA) is 21.7 Å². The molecule has 2 bridgehead atoms. The maximum absolute atomic E-state index is 6.12. The zero-order chi connectivity index (χ0) is 12.6. The molecule has 0 atom stereocenters. The van der Waals surface area contributed by atoms with Crippen molar-refractivity contribution in [2.24, 2.45) is 5.41 Å². The quantitative estimate of drug-likeness (QED) is 0.819. The summed E-state index contributed by atoms with van der Waals surface area (Å²) in [6, 6.07) is 10.3. The van der Waals surface area contributed by atoms with E-state index in [2.05, 4.69) is 30.9 Å². The summed E-state index contributed by atoms with van der Waals surface area (Å²) < 4.78 is 12.2. The van der Waals surface area contributed by atoms with E-state index < -0.39 is 5.91 Å². The summed E-state index contributed by atoms with van der Waals surface area (Å²) in [5.41, 5.74) is 1.26. The normalized spacial score (nSPS) is 35.9. The van der Waals surface area contributed by atoms with Crippen molar-refractivity contribution in [2.45, 2.75) is 26.2 Å². The lowest BCUT2D eigenvalue weighted by Gasteiger charge is -2.57. The average molecular weight is 247 g/mol. The lowest BCUT2D eigenvalue weighted by atomic mass is 9.86. The summed E-state index contributed by atoms with van der Waals surface area (Å²) in [7, 11) is 0. The minimum absolute atomic E-state index is 0.145. The highest BCUT2D eigenvalue weighted by Crippen LogP contribution is 2.45. The van der Waals surface area contributed by atoms with E-state index in [9.17, 15) is 0 Å². The van der Waals surface area contributed by atoms with Crippen molar-refractivity contribution in [1.29, 1.82) is 0 Å². The molecule has 3 aliphatic heterocycles. The average Bonchev–Trinajstić information content (AvgIpc) is 2.41. The first-order valence-corrected chi connectivity index (χ1v) is 6.77. The van der Waals surface area contributed by atoms with Gasteiger partial charge in [-0.15, -0.1) is 0 Å². The van der Waals surface area contributed by atoms with Crippen LogP contribution < -0.4 is 0 Å². The molecular formula is C15H21NO2. The smallest absolute Gasteiger partial charge is 0.258 e. The molecule has 3 aliphatic rings. The van der Waals surface area contributed by atoms with Gasteiger partial charge in [0.25, 0.3) is 5.91 Å². The molecule has 0 aromatic heterocycles. The molecule has 0 unspecified atom stereocenters. The number of fused-ring (bicyclic) bond motifs is 3. The Hall–Kier alpha value is -0.900. The van der Waals surface area contributed by atoms with Crippen molar-refractivity contribution >= 4 is 0 Å². The Morgan fingerprint density at radius 1 is 1.17 bits per heavy atom. The predicted molar refractivity (Wildman–Crippen MR) is 70.0 cm³/mol. The lowest BCUT2D eigenvalue weighted by Crippen LogP contribution is -2.66. The Morgan fingerprint density at radius 3 is 2.44 bits per heavy atom. The SMILES string of the molecule is CCCN1CC2(C)COC1(c1ccccc1)OC2. The summed E-state index contributed by atoms with van der Waals surface area (Å²) in [6.07, 6.45) is 1.11. The van der Waals surface area contributed by atoms with Crippen molar-refractivity contribution in [3.05, 3.63) is 35.9 Å². The van der Waals surface area contributed by atoms with Crippen LogP contribution in [0.1, 0.15) is 25.8 Å². The fraction of sp³-hybridized carbons (Fsp3) is 0.600. The van der Waals surface area contributed by atoms with Crippen LogP contribution in [0.5, 0.6) is 0 Å². The molecule has 0 spiro atoms. The molecule has 1 aromatic rings. The molecule has 3 heterocycles. The number of rotatable bonds is 3. The summed E-state index contributed by atoms with van der Waals surface area (Å²) in [5, 5.41) is 0. The van der Waals surface area contributed by atoms with Gasteiger partial charge in [-0.2, -0.15) is 0 Å². The Labute approximate surface area is 109 Å². The van der Waals surface area contributed by atoms with Gasteiger partial charge in [-0.05, 0) is 6.42 Å². The summed E-state index contributed by atoms with van der Waals surface area (Å²) in [5.74, 6) is -0.644. The van der Waals surface area contributed by atoms with E-state index in [1.54, 1.807) is 0 Å². The molecule has 0 amide bonds. The largest absolute Gasteiger partial charge is 0.333 e. The first-order chi connectivity index (χ1) is 8.69. The molecule has 0 radical (unpaired) electrons. The first-order valence-electron chi connectivity index (χ1n) is 6.77. The van der Waals surface area contributed by atoms with Crippen LogP contribution in [0.25, 0.3) is 0 Å². The van der Waals surface area contributed by atoms with Gasteiger partial charge in [0.15, 0.2) is 0 Å². The van der Waals surface area contributed by atoms with Gasteiger partial charge in [-0.3, -0.25) is 0 Å². The molecular weight excluding hydrogens is 226 g/mol. The Bertz CT molecular complexity index is 410. The van der Waals surface area contributed by atoms with Crippen LogP contribution in [0.15, 0.2) is 30.3 Å². The van der Waals surface area contributed by atoms with Crippen molar-refractivity contribution in [3.8, 4) is 0 Å². The second-order valence-corrected chi connectivity index (χ2v) is 5.76. The molecule has 4 rings (SSSR count). The zero-order valence-corrected chi connectivity index (χ0v) is 11.2. The molecule has 0 aliphatic carbocycles. The summed E-state index contributed by atoms with van der Waals surface area (Å²) in [4.78, 5) is 2.34. The molecule has 3 nitrogen and oxygen atoms in total. The van der Waals surface area contributed by atoms with Crippen LogP contribution in [-0.4, -0.2) is 31.2 Å². The number of benzene rings is 1. The van der Waals surface area contributed by atoms with E-state index >= 15 is 0 Å². The van der Waals surface area contributed by atoms with Gasteiger partial charge in [-0.25, -0.2) is 4.90 Å². The monoisotopic (exact) mass is 247 g/mol. The maximum Gasteiger partial charge on any atom is 0.258 e. The standard InChI is InChI=1S/C15H21NO2/c1-3-9-16-10-14(2)11-17-15(16,18-12-14)13-7-5-4-6-8-13/h4-8H,3,9-12H2,1-2H3. The van der Waals surface area contributed by atoms with Crippen molar-refractivity contribution < 1.29 is 9.47 Å². The molecule has 98 valence electrons. The van der Waals surface area contributed by atoms with Crippen molar-refractivity contribution in [3.63, 3.8) is 0 Å². The second kappa shape index (κ2) is 4.34. The first kappa shape index (κ1) is 12.2. The van der Waals surface area contributed by atoms with E-state index in [-0.39, 0.29) is 5.41 Å². The highest BCUT2D eigenvalue weighted by atomic mass is 16.7.